The van der Waals surface area contributed by atoms with Crippen molar-refractivity contribution in [1.82, 2.24) is 10.6 Å². The largest absolute Gasteiger partial charge is 0.317 e. The maximum Gasteiger partial charge on any atom is 0.130 e. The summed E-state index contributed by atoms with van der Waals surface area (Å²) < 4.78 is 27.3. The Kier molecular flexibility index (Phi) is 4.66. The molecule has 1 aromatic rings. The Bertz CT molecular complexity index is 367. The summed E-state index contributed by atoms with van der Waals surface area (Å²) in [6.45, 7) is 3.81. The molecular weight excluding hydrogens is 234 g/mol. The van der Waals surface area contributed by atoms with E-state index in [-0.39, 0.29) is 11.6 Å². The van der Waals surface area contributed by atoms with E-state index in [4.69, 9.17) is 0 Å². The number of nitrogens with one attached hydrogen (secondary N) is 2. The molecule has 1 saturated heterocycles. The fraction of sp³-hybridized carbons (Fsp3) is 0.571. The standard InChI is InChI=1S/C14H20F2N2/c1-10(14-12(15)5-2-6-13(14)16)18-11-4-3-8-17-9-7-11/h2,5-6,10-11,17-18H,3-4,7-9H2,1H3. The zero-order valence-corrected chi connectivity index (χ0v) is 10.7. The Morgan fingerprint density at radius 3 is 2.67 bits per heavy atom. The molecule has 0 spiro atoms. The fourth-order valence-electron chi connectivity index (χ4n) is 2.55. The lowest BCUT2D eigenvalue weighted by molar-refractivity contribution is 0.401. The smallest absolute Gasteiger partial charge is 0.130 e. The van der Waals surface area contributed by atoms with Gasteiger partial charge in [0.2, 0.25) is 0 Å². The van der Waals surface area contributed by atoms with Gasteiger partial charge in [-0.3, -0.25) is 0 Å². The SMILES string of the molecule is CC(NC1CCCNCC1)c1c(F)cccc1F. The number of hydrogen-bond donors (Lipinski definition) is 2. The van der Waals surface area contributed by atoms with Crippen LogP contribution >= 0.6 is 0 Å². The van der Waals surface area contributed by atoms with Crippen molar-refractivity contribution in [1.29, 1.82) is 0 Å². The zero-order chi connectivity index (χ0) is 13.0. The first-order valence-corrected chi connectivity index (χ1v) is 6.59. The average molecular weight is 254 g/mol. The number of halogens is 2. The van der Waals surface area contributed by atoms with Gasteiger partial charge >= 0.3 is 0 Å². The number of hydrogen-bond acceptors (Lipinski definition) is 2. The van der Waals surface area contributed by atoms with Gasteiger partial charge in [0.25, 0.3) is 0 Å². The molecular formula is C14H20F2N2. The molecule has 1 aliphatic rings. The maximum atomic E-state index is 13.6. The summed E-state index contributed by atoms with van der Waals surface area (Å²) >= 11 is 0. The van der Waals surface area contributed by atoms with Gasteiger partial charge in [0.05, 0.1) is 0 Å². The minimum absolute atomic E-state index is 0.148. The first-order chi connectivity index (χ1) is 8.68. The van der Waals surface area contributed by atoms with Crippen molar-refractivity contribution in [2.75, 3.05) is 13.1 Å². The monoisotopic (exact) mass is 254 g/mol. The van der Waals surface area contributed by atoms with Crippen molar-refractivity contribution in [3.63, 3.8) is 0 Å². The van der Waals surface area contributed by atoms with Gasteiger partial charge in [0, 0.05) is 17.6 Å². The lowest BCUT2D eigenvalue weighted by atomic mass is 10.0. The van der Waals surface area contributed by atoms with Crippen LogP contribution in [0.1, 0.15) is 37.8 Å². The molecule has 100 valence electrons. The quantitative estimate of drug-likeness (QED) is 0.866. The van der Waals surface area contributed by atoms with Crippen LogP contribution in [0, 0.1) is 11.6 Å². The Morgan fingerprint density at radius 2 is 1.94 bits per heavy atom. The third-order valence-corrected chi connectivity index (χ3v) is 3.49. The Hall–Kier alpha value is -1.00. The Balaban J connectivity index is 2.04. The third kappa shape index (κ3) is 3.27. The van der Waals surface area contributed by atoms with Crippen molar-refractivity contribution in [3.8, 4) is 0 Å². The molecule has 2 nitrogen and oxygen atoms in total. The molecule has 2 unspecified atom stereocenters. The van der Waals surface area contributed by atoms with Crippen LogP contribution in [0.15, 0.2) is 18.2 Å². The van der Waals surface area contributed by atoms with Gasteiger partial charge in [-0.2, -0.15) is 0 Å². The van der Waals surface area contributed by atoms with Crippen molar-refractivity contribution in [2.45, 2.75) is 38.3 Å². The average Bonchev–Trinajstić information content (AvgIpc) is 2.57. The molecule has 1 aromatic carbocycles. The molecule has 0 amide bonds. The third-order valence-electron chi connectivity index (χ3n) is 3.49. The highest BCUT2D eigenvalue weighted by atomic mass is 19.1. The van der Waals surface area contributed by atoms with Crippen molar-refractivity contribution in [2.24, 2.45) is 0 Å². The summed E-state index contributed by atoms with van der Waals surface area (Å²) in [5, 5.41) is 6.66. The summed E-state index contributed by atoms with van der Waals surface area (Å²) in [6, 6.07) is 4.05. The second kappa shape index (κ2) is 6.25. The van der Waals surface area contributed by atoms with Gasteiger partial charge in [-0.25, -0.2) is 8.78 Å². The van der Waals surface area contributed by atoms with E-state index in [1.165, 1.54) is 18.2 Å². The van der Waals surface area contributed by atoms with Gasteiger partial charge in [0.1, 0.15) is 11.6 Å². The van der Waals surface area contributed by atoms with Crippen LogP contribution in [0.3, 0.4) is 0 Å². The fourth-order valence-corrected chi connectivity index (χ4v) is 2.55. The van der Waals surface area contributed by atoms with E-state index in [9.17, 15) is 8.78 Å². The molecule has 0 aromatic heterocycles. The van der Waals surface area contributed by atoms with Crippen LogP contribution in [-0.2, 0) is 0 Å². The molecule has 0 bridgehead atoms. The number of benzene rings is 1. The van der Waals surface area contributed by atoms with Crippen LogP contribution in [0.2, 0.25) is 0 Å². The Morgan fingerprint density at radius 1 is 1.22 bits per heavy atom. The van der Waals surface area contributed by atoms with E-state index in [0.717, 1.165) is 32.4 Å². The Labute approximate surface area is 107 Å². The van der Waals surface area contributed by atoms with Crippen LogP contribution in [0.5, 0.6) is 0 Å². The molecule has 2 rings (SSSR count). The second-order valence-electron chi connectivity index (χ2n) is 4.90. The summed E-state index contributed by atoms with van der Waals surface area (Å²) in [7, 11) is 0. The maximum absolute atomic E-state index is 13.6. The van der Waals surface area contributed by atoms with E-state index in [1.807, 2.05) is 6.92 Å². The highest BCUT2D eigenvalue weighted by molar-refractivity contribution is 5.22. The van der Waals surface area contributed by atoms with E-state index < -0.39 is 11.6 Å². The van der Waals surface area contributed by atoms with Gasteiger partial charge in [0.15, 0.2) is 0 Å². The molecule has 0 aliphatic carbocycles. The molecule has 1 fully saturated rings. The topological polar surface area (TPSA) is 24.1 Å². The summed E-state index contributed by atoms with van der Waals surface area (Å²) in [4.78, 5) is 0. The molecule has 1 heterocycles. The summed E-state index contributed by atoms with van der Waals surface area (Å²) in [5.41, 5.74) is 0.148. The summed E-state index contributed by atoms with van der Waals surface area (Å²) in [5.74, 6) is -0.941. The van der Waals surface area contributed by atoms with Crippen molar-refractivity contribution in [3.05, 3.63) is 35.4 Å². The van der Waals surface area contributed by atoms with E-state index >= 15 is 0 Å². The van der Waals surface area contributed by atoms with Gasteiger partial charge in [-0.05, 0) is 51.4 Å². The van der Waals surface area contributed by atoms with E-state index in [0.29, 0.717) is 6.04 Å². The van der Waals surface area contributed by atoms with Crippen LogP contribution in [-0.4, -0.2) is 19.1 Å². The first kappa shape index (κ1) is 13.4. The minimum atomic E-state index is -0.471. The van der Waals surface area contributed by atoms with Gasteiger partial charge in [-0.1, -0.05) is 6.07 Å². The normalized spacial score (nSPS) is 22.5. The molecule has 4 heteroatoms. The lowest BCUT2D eigenvalue weighted by Gasteiger charge is -2.22. The minimum Gasteiger partial charge on any atom is -0.317 e. The highest BCUT2D eigenvalue weighted by Gasteiger charge is 2.19. The van der Waals surface area contributed by atoms with Crippen molar-refractivity contribution >= 4 is 0 Å². The molecule has 0 saturated carbocycles. The van der Waals surface area contributed by atoms with Gasteiger partial charge in [-0.15, -0.1) is 0 Å². The van der Waals surface area contributed by atoms with E-state index in [1.54, 1.807) is 0 Å². The molecule has 0 radical (unpaired) electrons. The number of rotatable bonds is 3. The predicted molar refractivity (Wildman–Crippen MR) is 68.4 cm³/mol. The lowest BCUT2D eigenvalue weighted by Crippen LogP contribution is -2.33. The predicted octanol–water partition coefficient (Wildman–Crippen LogP) is 2.76. The van der Waals surface area contributed by atoms with Crippen LogP contribution in [0.4, 0.5) is 8.78 Å². The van der Waals surface area contributed by atoms with E-state index in [2.05, 4.69) is 10.6 Å². The van der Waals surface area contributed by atoms with Crippen LogP contribution < -0.4 is 10.6 Å². The zero-order valence-electron chi connectivity index (χ0n) is 10.7. The molecule has 1 aliphatic heterocycles. The molecule has 2 N–H and O–H groups in total. The highest BCUT2D eigenvalue weighted by Crippen LogP contribution is 2.22. The molecule has 2 atom stereocenters. The summed E-state index contributed by atoms with van der Waals surface area (Å²) in [6.07, 6.45) is 3.15. The second-order valence-corrected chi connectivity index (χ2v) is 4.90. The van der Waals surface area contributed by atoms with Crippen LogP contribution in [0.25, 0.3) is 0 Å². The first-order valence-electron chi connectivity index (χ1n) is 6.59. The molecule has 18 heavy (non-hydrogen) atoms. The van der Waals surface area contributed by atoms with Gasteiger partial charge < -0.3 is 10.6 Å². The van der Waals surface area contributed by atoms with Crippen molar-refractivity contribution < 1.29 is 8.78 Å².